The van der Waals surface area contributed by atoms with Gasteiger partial charge in [0.15, 0.2) is 0 Å². The van der Waals surface area contributed by atoms with Crippen molar-refractivity contribution in [3.63, 3.8) is 0 Å². The van der Waals surface area contributed by atoms with Crippen LogP contribution in [0.2, 0.25) is 0 Å². The van der Waals surface area contributed by atoms with Gasteiger partial charge in [-0.15, -0.1) is 0 Å². The fourth-order valence-electron chi connectivity index (χ4n) is 2.83. The largest absolute Gasteiger partial charge is 0.497 e. The lowest BCUT2D eigenvalue weighted by atomic mass is 10.1. The Hall–Kier alpha value is -3.01. The van der Waals surface area contributed by atoms with E-state index in [1.807, 2.05) is 43.3 Å². The third kappa shape index (κ3) is 4.54. The van der Waals surface area contributed by atoms with Crippen LogP contribution in [-0.2, 0) is 13.1 Å². The molecule has 0 radical (unpaired) electrons. The molecule has 3 aromatic rings. The minimum absolute atomic E-state index is 0.770. The average molecular weight is 348 g/mol. The molecule has 0 saturated carbocycles. The summed E-state index contributed by atoms with van der Waals surface area (Å²) in [6.07, 6.45) is 0. The zero-order chi connectivity index (χ0) is 18.4. The highest BCUT2D eigenvalue weighted by molar-refractivity contribution is 5.42. The number of rotatable bonds is 7. The van der Waals surface area contributed by atoms with Crippen LogP contribution >= 0.6 is 0 Å². The second-order valence-electron chi connectivity index (χ2n) is 6.19. The Balaban J connectivity index is 1.84. The van der Waals surface area contributed by atoms with Gasteiger partial charge in [0, 0.05) is 18.8 Å². The fourth-order valence-corrected chi connectivity index (χ4v) is 2.83. The zero-order valence-electron chi connectivity index (χ0n) is 15.5. The molecule has 4 heteroatoms. The lowest BCUT2D eigenvalue weighted by molar-refractivity contribution is 0.414. The summed E-state index contributed by atoms with van der Waals surface area (Å²) in [5, 5.41) is 0. The van der Waals surface area contributed by atoms with Gasteiger partial charge in [0.05, 0.1) is 14.2 Å². The first-order chi connectivity index (χ1) is 12.7. The normalized spacial score (nSPS) is 10.4. The van der Waals surface area contributed by atoms with Gasteiger partial charge >= 0.3 is 0 Å². The van der Waals surface area contributed by atoms with E-state index in [-0.39, 0.29) is 0 Å². The topological polar surface area (TPSA) is 34.6 Å². The number of ether oxygens (including phenoxy) is 2. The van der Waals surface area contributed by atoms with Gasteiger partial charge in [0.25, 0.3) is 0 Å². The van der Waals surface area contributed by atoms with E-state index in [0.717, 1.165) is 36.1 Å². The van der Waals surface area contributed by atoms with Crippen LogP contribution in [0.4, 0.5) is 5.82 Å². The molecule has 0 aliphatic heterocycles. The number of nitrogens with zero attached hydrogens (tertiary/aromatic N) is 2. The van der Waals surface area contributed by atoms with Crippen molar-refractivity contribution < 1.29 is 9.47 Å². The third-order valence-electron chi connectivity index (χ3n) is 4.26. The number of benzene rings is 2. The number of aromatic nitrogens is 1. The predicted octanol–water partition coefficient (Wildman–Crippen LogP) is 4.61. The van der Waals surface area contributed by atoms with Crippen LogP contribution in [0.5, 0.6) is 11.5 Å². The molecule has 4 nitrogen and oxygen atoms in total. The summed E-state index contributed by atoms with van der Waals surface area (Å²) in [5.41, 5.74) is 3.43. The van der Waals surface area contributed by atoms with Crippen molar-refractivity contribution >= 4 is 5.82 Å². The van der Waals surface area contributed by atoms with E-state index < -0.39 is 0 Å². The van der Waals surface area contributed by atoms with E-state index in [1.54, 1.807) is 14.2 Å². The second kappa shape index (κ2) is 8.39. The molecule has 0 fully saturated rings. The fraction of sp³-hybridized carbons (Fsp3) is 0.227. The van der Waals surface area contributed by atoms with Crippen LogP contribution in [0.1, 0.15) is 16.8 Å². The number of hydrogen-bond acceptors (Lipinski definition) is 4. The molecule has 1 heterocycles. The van der Waals surface area contributed by atoms with Crippen LogP contribution in [0, 0.1) is 6.92 Å². The summed E-state index contributed by atoms with van der Waals surface area (Å²) in [6, 6.07) is 22.5. The monoisotopic (exact) mass is 348 g/mol. The molecule has 0 aliphatic rings. The maximum Gasteiger partial charge on any atom is 0.129 e. The molecule has 0 spiro atoms. The minimum atomic E-state index is 0.770. The number of aryl methyl sites for hydroxylation is 1. The van der Waals surface area contributed by atoms with E-state index in [0.29, 0.717) is 0 Å². The smallest absolute Gasteiger partial charge is 0.129 e. The highest BCUT2D eigenvalue weighted by Gasteiger charge is 2.11. The van der Waals surface area contributed by atoms with Crippen LogP contribution in [0.25, 0.3) is 0 Å². The Morgan fingerprint density at radius 3 is 1.65 bits per heavy atom. The first kappa shape index (κ1) is 17.8. The summed E-state index contributed by atoms with van der Waals surface area (Å²) in [4.78, 5) is 6.98. The molecule has 1 aromatic heterocycles. The van der Waals surface area contributed by atoms with Crippen molar-refractivity contribution in [1.29, 1.82) is 0 Å². The summed E-state index contributed by atoms with van der Waals surface area (Å²) < 4.78 is 10.5. The molecule has 0 N–H and O–H groups in total. The third-order valence-corrected chi connectivity index (χ3v) is 4.26. The highest BCUT2D eigenvalue weighted by atomic mass is 16.5. The van der Waals surface area contributed by atoms with Crippen LogP contribution < -0.4 is 14.4 Å². The van der Waals surface area contributed by atoms with Gasteiger partial charge in [-0.05, 0) is 54.4 Å². The highest BCUT2D eigenvalue weighted by Crippen LogP contribution is 2.21. The molecular weight excluding hydrogens is 324 g/mol. The van der Waals surface area contributed by atoms with Crippen LogP contribution in [0.3, 0.4) is 0 Å². The van der Waals surface area contributed by atoms with Crippen LogP contribution in [-0.4, -0.2) is 19.2 Å². The zero-order valence-corrected chi connectivity index (χ0v) is 15.5. The van der Waals surface area contributed by atoms with E-state index in [1.165, 1.54) is 11.1 Å². The molecule has 0 unspecified atom stereocenters. The molecule has 0 amide bonds. The molecular formula is C22H24N2O2. The standard InChI is InChI=1S/C22H24N2O2/c1-17-5-4-6-22(23-17)24(15-18-7-11-20(25-2)12-8-18)16-19-9-13-21(26-3)14-10-19/h4-14H,15-16H2,1-3H3. The van der Waals surface area contributed by atoms with Crippen molar-refractivity contribution in [1.82, 2.24) is 4.98 Å². The Morgan fingerprint density at radius 1 is 0.731 bits per heavy atom. The summed E-state index contributed by atoms with van der Waals surface area (Å²) in [7, 11) is 3.36. The quantitative estimate of drug-likeness (QED) is 0.624. The number of anilines is 1. The minimum Gasteiger partial charge on any atom is -0.497 e. The molecule has 0 bridgehead atoms. The SMILES string of the molecule is COc1ccc(CN(Cc2ccc(OC)cc2)c2cccc(C)n2)cc1. The Bertz CT molecular complexity index is 780. The summed E-state index contributed by atoms with van der Waals surface area (Å²) in [5.74, 6) is 2.70. The number of pyridine rings is 1. The van der Waals surface area contributed by atoms with Gasteiger partial charge in [-0.25, -0.2) is 4.98 Å². The summed E-state index contributed by atoms with van der Waals surface area (Å²) in [6.45, 7) is 3.56. The maximum atomic E-state index is 5.25. The predicted molar refractivity (Wildman–Crippen MR) is 105 cm³/mol. The lowest BCUT2D eigenvalue weighted by Gasteiger charge is -2.24. The van der Waals surface area contributed by atoms with Gasteiger partial charge in [-0.2, -0.15) is 0 Å². The summed E-state index contributed by atoms with van der Waals surface area (Å²) >= 11 is 0. The molecule has 26 heavy (non-hydrogen) atoms. The van der Waals surface area contributed by atoms with Gasteiger partial charge in [-0.3, -0.25) is 0 Å². The first-order valence-corrected chi connectivity index (χ1v) is 8.62. The van der Waals surface area contributed by atoms with Crippen molar-refractivity contribution in [3.8, 4) is 11.5 Å². The second-order valence-corrected chi connectivity index (χ2v) is 6.19. The molecule has 0 atom stereocenters. The van der Waals surface area contributed by atoms with E-state index in [9.17, 15) is 0 Å². The lowest BCUT2D eigenvalue weighted by Crippen LogP contribution is -2.23. The first-order valence-electron chi connectivity index (χ1n) is 8.62. The van der Waals surface area contributed by atoms with Gasteiger partial charge in [-0.1, -0.05) is 30.3 Å². The molecule has 2 aromatic carbocycles. The maximum absolute atomic E-state index is 5.25. The molecule has 3 rings (SSSR count). The van der Waals surface area contributed by atoms with Gasteiger partial charge in [0.2, 0.25) is 0 Å². The Morgan fingerprint density at radius 2 is 1.23 bits per heavy atom. The van der Waals surface area contributed by atoms with E-state index in [4.69, 9.17) is 14.5 Å². The Kier molecular flexibility index (Phi) is 5.74. The van der Waals surface area contributed by atoms with Crippen molar-refractivity contribution in [2.45, 2.75) is 20.0 Å². The van der Waals surface area contributed by atoms with E-state index in [2.05, 4.69) is 35.2 Å². The number of hydrogen-bond donors (Lipinski definition) is 0. The number of methoxy groups -OCH3 is 2. The molecule has 134 valence electrons. The van der Waals surface area contributed by atoms with Crippen LogP contribution in [0.15, 0.2) is 66.7 Å². The van der Waals surface area contributed by atoms with Gasteiger partial charge < -0.3 is 14.4 Å². The van der Waals surface area contributed by atoms with Crippen molar-refractivity contribution in [3.05, 3.63) is 83.6 Å². The molecule has 0 saturated heterocycles. The van der Waals surface area contributed by atoms with Gasteiger partial charge in [0.1, 0.15) is 17.3 Å². The molecule has 0 aliphatic carbocycles. The van der Waals surface area contributed by atoms with E-state index >= 15 is 0 Å². The van der Waals surface area contributed by atoms with Crippen molar-refractivity contribution in [2.75, 3.05) is 19.1 Å². The average Bonchev–Trinajstić information content (AvgIpc) is 2.68. The Labute approximate surface area is 155 Å². The van der Waals surface area contributed by atoms with Crippen molar-refractivity contribution in [2.24, 2.45) is 0 Å².